The average molecular weight is 271 g/mol. The minimum atomic E-state index is -0.139. The van der Waals surface area contributed by atoms with Crippen LogP contribution in [0.2, 0.25) is 0 Å². The quantitative estimate of drug-likeness (QED) is 0.822. The fraction of sp³-hybridized carbons (Fsp3) is 0.267. The third-order valence-electron chi connectivity index (χ3n) is 3.01. The van der Waals surface area contributed by atoms with Crippen molar-refractivity contribution in [1.29, 1.82) is 0 Å². The first-order chi connectivity index (χ1) is 9.53. The van der Waals surface area contributed by atoms with Crippen LogP contribution in [-0.2, 0) is 0 Å². The van der Waals surface area contributed by atoms with E-state index >= 15 is 0 Å². The van der Waals surface area contributed by atoms with Gasteiger partial charge in [0.05, 0.1) is 5.54 Å². The van der Waals surface area contributed by atoms with Crippen LogP contribution in [-0.4, -0.2) is 17.1 Å². The highest BCUT2D eigenvalue weighted by molar-refractivity contribution is 5.61. The van der Waals surface area contributed by atoms with Crippen LogP contribution >= 0.6 is 0 Å². The van der Waals surface area contributed by atoms with Crippen LogP contribution in [0.3, 0.4) is 0 Å². The lowest BCUT2D eigenvalue weighted by Crippen LogP contribution is -2.41. The van der Waals surface area contributed by atoms with Crippen molar-refractivity contribution in [1.82, 2.24) is 4.98 Å². The number of benzene rings is 1. The van der Waals surface area contributed by atoms with Crippen molar-refractivity contribution in [3.8, 4) is 17.2 Å². The van der Waals surface area contributed by atoms with Crippen molar-refractivity contribution in [2.45, 2.75) is 19.4 Å². The summed E-state index contributed by atoms with van der Waals surface area (Å²) in [6.45, 7) is 4.68. The maximum Gasteiger partial charge on any atom is 0.204 e. The molecule has 5 nitrogen and oxygen atoms in total. The molecule has 0 saturated carbocycles. The molecule has 3 N–H and O–H groups in total. The molecule has 0 saturated heterocycles. The minimum Gasteiger partial charge on any atom is -0.484 e. The highest BCUT2D eigenvalue weighted by Gasteiger charge is 2.28. The molecule has 20 heavy (non-hydrogen) atoms. The average Bonchev–Trinajstić information content (AvgIpc) is 2.40. The van der Waals surface area contributed by atoms with Gasteiger partial charge in [0.25, 0.3) is 0 Å². The van der Waals surface area contributed by atoms with E-state index in [0.29, 0.717) is 35.4 Å². The van der Waals surface area contributed by atoms with E-state index in [1.54, 1.807) is 24.4 Å². The van der Waals surface area contributed by atoms with Crippen molar-refractivity contribution in [2.75, 3.05) is 17.7 Å². The van der Waals surface area contributed by atoms with Crippen LogP contribution in [0, 0.1) is 0 Å². The van der Waals surface area contributed by atoms with E-state index in [9.17, 15) is 0 Å². The molecule has 104 valence electrons. The fourth-order valence-electron chi connectivity index (χ4n) is 2.01. The predicted octanol–water partition coefficient (Wildman–Crippen LogP) is 3.04. The Balaban J connectivity index is 1.90. The molecular formula is C15H17N3O2. The molecule has 1 aromatic heterocycles. The highest BCUT2D eigenvalue weighted by Crippen LogP contribution is 2.40. The fourth-order valence-corrected chi connectivity index (χ4v) is 2.01. The first-order valence-corrected chi connectivity index (χ1v) is 6.47. The second-order valence-electron chi connectivity index (χ2n) is 5.46. The van der Waals surface area contributed by atoms with Gasteiger partial charge in [0.1, 0.15) is 12.4 Å². The van der Waals surface area contributed by atoms with Gasteiger partial charge in [-0.2, -0.15) is 0 Å². The topological polar surface area (TPSA) is 69.4 Å². The maximum atomic E-state index is 5.84. The van der Waals surface area contributed by atoms with Crippen LogP contribution in [0.4, 0.5) is 11.5 Å². The Hall–Kier alpha value is -2.43. The molecule has 0 spiro atoms. The van der Waals surface area contributed by atoms with Gasteiger partial charge in [-0.3, -0.25) is 0 Å². The smallest absolute Gasteiger partial charge is 0.204 e. The molecule has 3 rings (SSSR count). The Kier molecular flexibility index (Phi) is 2.89. The van der Waals surface area contributed by atoms with Crippen molar-refractivity contribution in [3.05, 3.63) is 36.5 Å². The number of hydrogen-bond acceptors (Lipinski definition) is 5. The van der Waals surface area contributed by atoms with Gasteiger partial charge in [0.15, 0.2) is 11.6 Å². The number of fused-ring (bicyclic) bond motifs is 1. The Bertz CT molecular complexity index is 624. The number of pyridine rings is 1. The van der Waals surface area contributed by atoms with Crippen LogP contribution in [0.25, 0.3) is 0 Å². The molecule has 1 aliphatic heterocycles. The van der Waals surface area contributed by atoms with Gasteiger partial charge in [-0.05, 0) is 38.1 Å². The Morgan fingerprint density at radius 1 is 1.25 bits per heavy atom. The molecule has 2 aromatic rings. The van der Waals surface area contributed by atoms with Crippen LogP contribution in [0.5, 0.6) is 17.2 Å². The Morgan fingerprint density at radius 2 is 2.00 bits per heavy atom. The van der Waals surface area contributed by atoms with Crippen molar-refractivity contribution in [2.24, 2.45) is 0 Å². The SMILES string of the molecule is CC1(C)COc2c(Oc3ccc(N)cc3)ccnc2N1. The largest absolute Gasteiger partial charge is 0.484 e. The van der Waals surface area contributed by atoms with Crippen LogP contribution < -0.4 is 20.5 Å². The third-order valence-corrected chi connectivity index (χ3v) is 3.01. The lowest BCUT2D eigenvalue weighted by Gasteiger charge is -2.33. The molecule has 0 unspecified atom stereocenters. The molecule has 1 aliphatic rings. The number of nitrogens with zero attached hydrogens (tertiary/aromatic N) is 1. The molecule has 1 aromatic carbocycles. The molecule has 0 radical (unpaired) electrons. The molecule has 0 aliphatic carbocycles. The van der Waals surface area contributed by atoms with Gasteiger partial charge in [-0.15, -0.1) is 0 Å². The zero-order valence-electron chi connectivity index (χ0n) is 11.5. The molecule has 0 fully saturated rings. The number of nitrogens with two attached hydrogens (primary N) is 1. The van der Waals surface area contributed by atoms with Crippen LogP contribution in [0.1, 0.15) is 13.8 Å². The molecule has 0 atom stereocenters. The van der Waals surface area contributed by atoms with E-state index in [1.807, 2.05) is 12.1 Å². The number of rotatable bonds is 2. The van der Waals surface area contributed by atoms with Gasteiger partial charge < -0.3 is 20.5 Å². The predicted molar refractivity (Wildman–Crippen MR) is 78.4 cm³/mol. The first-order valence-electron chi connectivity index (χ1n) is 6.47. The summed E-state index contributed by atoms with van der Waals surface area (Å²) >= 11 is 0. The number of nitrogen functional groups attached to an aromatic ring is 1. The summed E-state index contributed by atoms with van der Waals surface area (Å²) in [5.41, 5.74) is 6.22. The highest BCUT2D eigenvalue weighted by atomic mass is 16.5. The summed E-state index contributed by atoms with van der Waals surface area (Å²) < 4.78 is 11.6. The molecular weight excluding hydrogens is 254 g/mol. The standard InChI is InChI=1S/C15H17N3O2/c1-15(2)9-19-13-12(7-8-17-14(13)18-15)20-11-5-3-10(16)4-6-11/h3-8H,9,16H2,1-2H3,(H,17,18). The Morgan fingerprint density at radius 3 is 2.75 bits per heavy atom. The summed E-state index contributed by atoms with van der Waals surface area (Å²) in [6.07, 6.45) is 1.70. The molecule has 0 amide bonds. The van der Waals surface area contributed by atoms with E-state index in [1.165, 1.54) is 0 Å². The van der Waals surface area contributed by atoms with E-state index in [2.05, 4.69) is 24.1 Å². The normalized spacial score (nSPS) is 15.7. The molecule has 5 heteroatoms. The minimum absolute atomic E-state index is 0.139. The van der Waals surface area contributed by atoms with E-state index in [0.717, 1.165) is 0 Å². The second-order valence-corrected chi connectivity index (χ2v) is 5.46. The third kappa shape index (κ3) is 2.47. The lowest BCUT2D eigenvalue weighted by atomic mass is 10.1. The Labute approximate surface area is 117 Å². The van der Waals surface area contributed by atoms with Crippen molar-refractivity contribution >= 4 is 11.5 Å². The summed E-state index contributed by atoms with van der Waals surface area (Å²) in [7, 11) is 0. The first kappa shape index (κ1) is 12.6. The van der Waals surface area contributed by atoms with Crippen molar-refractivity contribution in [3.63, 3.8) is 0 Å². The number of hydrogen-bond donors (Lipinski definition) is 2. The number of ether oxygens (including phenoxy) is 2. The maximum absolute atomic E-state index is 5.84. The van der Waals surface area contributed by atoms with E-state index in [4.69, 9.17) is 15.2 Å². The lowest BCUT2D eigenvalue weighted by molar-refractivity contribution is 0.232. The number of nitrogens with one attached hydrogen (secondary N) is 1. The van der Waals surface area contributed by atoms with Gasteiger partial charge in [0, 0.05) is 18.0 Å². The van der Waals surface area contributed by atoms with Crippen LogP contribution in [0.15, 0.2) is 36.5 Å². The summed E-state index contributed by atoms with van der Waals surface area (Å²) in [4.78, 5) is 4.30. The van der Waals surface area contributed by atoms with E-state index < -0.39 is 0 Å². The molecule has 0 bridgehead atoms. The monoisotopic (exact) mass is 271 g/mol. The summed E-state index contributed by atoms with van der Waals surface area (Å²) in [5.74, 6) is 2.70. The zero-order valence-corrected chi connectivity index (χ0v) is 11.5. The number of aromatic nitrogens is 1. The summed E-state index contributed by atoms with van der Waals surface area (Å²) in [5, 5.41) is 3.34. The summed E-state index contributed by atoms with van der Waals surface area (Å²) in [6, 6.07) is 9.02. The van der Waals surface area contributed by atoms with Gasteiger partial charge >= 0.3 is 0 Å². The number of anilines is 2. The zero-order chi connectivity index (χ0) is 14.2. The molecule has 2 heterocycles. The van der Waals surface area contributed by atoms with E-state index in [-0.39, 0.29) is 5.54 Å². The van der Waals surface area contributed by atoms with Crippen molar-refractivity contribution < 1.29 is 9.47 Å². The van der Waals surface area contributed by atoms with Gasteiger partial charge in [-0.1, -0.05) is 0 Å². The van der Waals surface area contributed by atoms with Gasteiger partial charge in [0.2, 0.25) is 5.75 Å². The second kappa shape index (κ2) is 4.59. The van der Waals surface area contributed by atoms with Gasteiger partial charge in [-0.25, -0.2) is 4.98 Å².